The number of nitrogens with zero attached hydrogens (tertiary/aromatic N) is 1. The third-order valence-corrected chi connectivity index (χ3v) is 2.82. The highest BCUT2D eigenvalue weighted by Crippen LogP contribution is 2.12. The standard InChI is InChI=1S/C16H19N3O/c1-12(2)11-13-6-8-14(9-7-13)18-19-16(20)15-5-3-4-10-17-15/h3-10,12,18H,11H2,1-2H3,(H,19,20). The average Bonchev–Trinajstić information content (AvgIpc) is 2.46. The summed E-state index contributed by atoms with van der Waals surface area (Å²) in [5, 5.41) is 0. The van der Waals surface area contributed by atoms with Gasteiger partial charge in [-0.15, -0.1) is 0 Å². The summed E-state index contributed by atoms with van der Waals surface area (Å²) in [6, 6.07) is 13.3. The second-order valence-electron chi connectivity index (χ2n) is 5.09. The third kappa shape index (κ3) is 4.09. The third-order valence-electron chi connectivity index (χ3n) is 2.82. The first-order valence-corrected chi connectivity index (χ1v) is 6.71. The van der Waals surface area contributed by atoms with E-state index in [9.17, 15) is 4.79 Å². The molecule has 2 aromatic rings. The van der Waals surface area contributed by atoms with Crippen molar-refractivity contribution < 1.29 is 4.79 Å². The van der Waals surface area contributed by atoms with Crippen molar-refractivity contribution in [1.29, 1.82) is 0 Å². The van der Waals surface area contributed by atoms with Gasteiger partial charge in [0.05, 0.1) is 5.69 Å². The quantitative estimate of drug-likeness (QED) is 0.820. The Morgan fingerprint density at radius 2 is 1.90 bits per heavy atom. The summed E-state index contributed by atoms with van der Waals surface area (Å²) in [4.78, 5) is 15.8. The van der Waals surface area contributed by atoms with Gasteiger partial charge in [0.2, 0.25) is 0 Å². The molecule has 0 saturated carbocycles. The van der Waals surface area contributed by atoms with Gasteiger partial charge in [0.1, 0.15) is 5.69 Å². The highest BCUT2D eigenvalue weighted by molar-refractivity contribution is 5.92. The molecule has 0 atom stereocenters. The Morgan fingerprint density at radius 3 is 2.50 bits per heavy atom. The highest BCUT2D eigenvalue weighted by Gasteiger charge is 2.05. The number of hydrogen-bond donors (Lipinski definition) is 2. The van der Waals surface area contributed by atoms with E-state index >= 15 is 0 Å². The minimum Gasteiger partial charge on any atom is -0.298 e. The summed E-state index contributed by atoms with van der Waals surface area (Å²) in [5.41, 5.74) is 8.04. The second kappa shape index (κ2) is 6.70. The number of hydrazine groups is 1. The molecular weight excluding hydrogens is 250 g/mol. The van der Waals surface area contributed by atoms with Gasteiger partial charge in [-0.1, -0.05) is 32.0 Å². The van der Waals surface area contributed by atoms with Crippen molar-refractivity contribution >= 4 is 11.6 Å². The number of amides is 1. The lowest BCUT2D eigenvalue weighted by Gasteiger charge is -2.09. The SMILES string of the molecule is CC(C)Cc1ccc(NNC(=O)c2ccccn2)cc1. The zero-order valence-corrected chi connectivity index (χ0v) is 11.8. The van der Waals surface area contributed by atoms with Crippen LogP contribution < -0.4 is 10.9 Å². The van der Waals surface area contributed by atoms with Crippen LogP contribution in [0.5, 0.6) is 0 Å². The number of carbonyl (C=O) groups excluding carboxylic acids is 1. The van der Waals surface area contributed by atoms with Gasteiger partial charge in [0, 0.05) is 6.20 Å². The summed E-state index contributed by atoms with van der Waals surface area (Å²) in [5.74, 6) is 0.384. The second-order valence-corrected chi connectivity index (χ2v) is 5.09. The van der Waals surface area contributed by atoms with Crippen LogP contribution in [0.2, 0.25) is 0 Å². The number of aromatic nitrogens is 1. The van der Waals surface area contributed by atoms with Crippen molar-refractivity contribution in [3.05, 3.63) is 59.9 Å². The summed E-state index contributed by atoms with van der Waals surface area (Å²) >= 11 is 0. The van der Waals surface area contributed by atoms with Crippen LogP contribution in [-0.2, 0) is 6.42 Å². The first-order chi connectivity index (χ1) is 9.65. The first kappa shape index (κ1) is 14.1. The Bertz CT molecular complexity index is 550. The normalized spacial score (nSPS) is 10.3. The molecule has 0 spiro atoms. The molecule has 1 amide bonds. The summed E-state index contributed by atoms with van der Waals surface area (Å²) < 4.78 is 0. The molecule has 0 aliphatic carbocycles. The van der Waals surface area contributed by atoms with Gasteiger partial charge in [-0.25, -0.2) is 0 Å². The number of pyridine rings is 1. The molecule has 20 heavy (non-hydrogen) atoms. The fraction of sp³-hybridized carbons (Fsp3) is 0.250. The molecule has 0 aliphatic heterocycles. The number of rotatable bonds is 5. The van der Waals surface area contributed by atoms with Crippen LogP contribution in [0.15, 0.2) is 48.7 Å². The first-order valence-electron chi connectivity index (χ1n) is 6.71. The van der Waals surface area contributed by atoms with E-state index in [1.54, 1.807) is 24.4 Å². The molecule has 0 saturated heterocycles. The molecule has 4 heteroatoms. The van der Waals surface area contributed by atoms with Gasteiger partial charge in [0.25, 0.3) is 5.91 Å². The van der Waals surface area contributed by atoms with Crippen molar-refractivity contribution in [2.75, 3.05) is 5.43 Å². The van der Waals surface area contributed by atoms with Crippen LogP contribution in [0.4, 0.5) is 5.69 Å². The number of hydrogen-bond acceptors (Lipinski definition) is 3. The van der Waals surface area contributed by atoms with Crippen molar-refractivity contribution in [2.45, 2.75) is 20.3 Å². The van der Waals surface area contributed by atoms with E-state index in [2.05, 4.69) is 41.8 Å². The van der Waals surface area contributed by atoms with Crippen molar-refractivity contribution in [3.8, 4) is 0 Å². The minimum absolute atomic E-state index is 0.253. The van der Waals surface area contributed by atoms with Gasteiger partial charge in [0.15, 0.2) is 0 Å². The maximum absolute atomic E-state index is 11.8. The van der Waals surface area contributed by atoms with E-state index in [1.165, 1.54) is 5.56 Å². The molecule has 0 aliphatic rings. The van der Waals surface area contributed by atoms with Crippen molar-refractivity contribution in [1.82, 2.24) is 10.4 Å². The molecule has 0 bridgehead atoms. The van der Waals surface area contributed by atoms with Crippen LogP contribution in [0, 0.1) is 5.92 Å². The van der Waals surface area contributed by atoms with E-state index in [0.717, 1.165) is 12.1 Å². The fourth-order valence-corrected chi connectivity index (χ4v) is 1.89. The number of carbonyl (C=O) groups is 1. The van der Waals surface area contributed by atoms with E-state index in [1.807, 2.05) is 12.1 Å². The monoisotopic (exact) mass is 269 g/mol. The van der Waals surface area contributed by atoms with Crippen molar-refractivity contribution in [3.63, 3.8) is 0 Å². The Morgan fingerprint density at radius 1 is 1.15 bits per heavy atom. The van der Waals surface area contributed by atoms with Gasteiger partial charge >= 0.3 is 0 Å². The molecule has 0 fully saturated rings. The maximum Gasteiger partial charge on any atom is 0.288 e. The lowest BCUT2D eigenvalue weighted by atomic mass is 10.0. The number of anilines is 1. The molecule has 1 heterocycles. The van der Waals surface area contributed by atoms with Crippen LogP contribution >= 0.6 is 0 Å². The Labute approximate surface area is 119 Å². The molecular formula is C16H19N3O. The smallest absolute Gasteiger partial charge is 0.288 e. The molecule has 1 aromatic heterocycles. The minimum atomic E-state index is -0.253. The Hall–Kier alpha value is -2.36. The molecule has 0 radical (unpaired) electrons. The number of nitrogens with one attached hydrogen (secondary N) is 2. The van der Waals surface area contributed by atoms with Gasteiger partial charge < -0.3 is 0 Å². The van der Waals surface area contributed by atoms with Crippen LogP contribution in [0.25, 0.3) is 0 Å². The van der Waals surface area contributed by atoms with Crippen LogP contribution in [-0.4, -0.2) is 10.9 Å². The molecule has 2 N–H and O–H groups in total. The maximum atomic E-state index is 11.8. The lowest BCUT2D eigenvalue weighted by Crippen LogP contribution is -2.29. The molecule has 4 nitrogen and oxygen atoms in total. The molecule has 104 valence electrons. The lowest BCUT2D eigenvalue weighted by molar-refractivity contribution is 0.0958. The molecule has 1 aromatic carbocycles. The predicted molar refractivity (Wildman–Crippen MR) is 80.3 cm³/mol. The highest BCUT2D eigenvalue weighted by atomic mass is 16.2. The topological polar surface area (TPSA) is 54.0 Å². The molecule has 2 rings (SSSR count). The zero-order chi connectivity index (χ0) is 14.4. The summed E-state index contributed by atoms with van der Waals surface area (Å²) in [6.45, 7) is 4.39. The Kier molecular flexibility index (Phi) is 4.71. The largest absolute Gasteiger partial charge is 0.298 e. The van der Waals surface area contributed by atoms with Crippen molar-refractivity contribution in [2.24, 2.45) is 5.92 Å². The Balaban J connectivity index is 1.89. The van der Waals surface area contributed by atoms with E-state index < -0.39 is 0 Å². The summed E-state index contributed by atoms with van der Waals surface area (Å²) in [6.07, 6.45) is 2.65. The predicted octanol–water partition coefficient (Wildman–Crippen LogP) is 3.04. The fourth-order valence-electron chi connectivity index (χ4n) is 1.89. The zero-order valence-electron chi connectivity index (χ0n) is 11.8. The van der Waals surface area contributed by atoms with Crippen LogP contribution in [0.1, 0.15) is 29.9 Å². The van der Waals surface area contributed by atoms with Gasteiger partial charge in [-0.05, 0) is 42.2 Å². The molecule has 0 unspecified atom stereocenters. The van der Waals surface area contributed by atoms with E-state index in [0.29, 0.717) is 11.6 Å². The van der Waals surface area contributed by atoms with E-state index in [-0.39, 0.29) is 5.91 Å². The van der Waals surface area contributed by atoms with Gasteiger partial charge in [-0.3, -0.25) is 20.6 Å². The van der Waals surface area contributed by atoms with Gasteiger partial charge in [-0.2, -0.15) is 0 Å². The average molecular weight is 269 g/mol. The number of benzene rings is 1. The van der Waals surface area contributed by atoms with E-state index in [4.69, 9.17) is 0 Å². The van der Waals surface area contributed by atoms with Crippen LogP contribution in [0.3, 0.4) is 0 Å². The summed E-state index contributed by atoms with van der Waals surface area (Å²) in [7, 11) is 0.